The van der Waals surface area contributed by atoms with E-state index in [9.17, 15) is 9.90 Å². The molecule has 0 fully saturated rings. The van der Waals surface area contributed by atoms with Gasteiger partial charge < -0.3 is 10.4 Å². The second kappa shape index (κ2) is 8.46. The second-order valence-electron chi connectivity index (χ2n) is 7.41. The van der Waals surface area contributed by atoms with Crippen LogP contribution in [0.4, 0.5) is 0 Å². The van der Waals surface area contributed by atoms with E-state index in [-0.39, 0.29) is 6.42 Å². The van der Waals surface area contributed by atoms with Crippen molar-refractivity contribution in [1.82, 2.24) is 20.1 Å². The molecule has 1 atom stereocenters. The Morgan fingerprint density at radius 2 is 1.97 bits per heavy atom. The number of fused-ring (bicyclic) bond motifs is 3. The molecule has 158 valence electrons. The maximum atomic E-state index is 11.6. The molecule has 31 heavy (non-hydrogen) atoms. The Bertz CT molecular complexity index is 1240. The van der Waals surface area contributed by atoms with Crippen LogP contribution in [0.3, 0.4) is 0 Å². The van der Waals surface area contributed by atoms with Crippen molar-refractivity contribution in [2.45, 2.75) is 33.2 Å². The second-order valence-corrected chi connectivity index (χ2v) is 8.61. The Labute approximate surface area is 184 Å². The molecular weight excluding hydrogens is 410 g/mol. The van der Waals surface area contributed by atoms with Crippen LogP contribution in [0, 0.1) is 32.6 Å². The third kappa shape index (κ3) is 3.90. The molecule has 0 radical (unpaired) electrons. The lowest BCUT2D eigenvalue weighted by molar-refractivity contribution is -0.137. The average molecular weight is 434 g/mol. The molecule has 8 heteroatoms. The number of benzene rings is 1. The number of nitrogens with one attached hydrogen (secondary N) is 1. The highest BCUT2D eigenvalue weighted by Gasteiger charge is 2.32. The summed E-state index contributed by atoms with van der Waals surface area (Å²) in [5.41, 5.74) is 4.76. The van der Waals surface area contributed by atoms with Crippen LogP contribution in [0.2, 0.25) is 0 Å². The molecule has 2 aromatic heterocycles. The summed E-state index contributed by atoms with van der Waals surface area (Å²) in [6, 6.07) is 7.31. The third-order valence-corrected chi connectivity index (χ3v) is 6.46. The molecule has 1 aromatic carbocycles. The number of carboxylic acid groups (broad SMARTS) is 1. The van der Waals surface area contributed by atoms with Crippen molar-refractivity contribution in [3.05, 3.63) is 63.0 Å². The van der Waals surface area contributed by atoms with Crippen molar-refractivity contribution in [2.75, 3.05) is 13.6 Å². The molecule has 0 bridgehead atoms. The summed E-state index contributed by atoms with van der Waals surface area (Å²) in [7, 11) is 1.86. The van der Waals surface area contributed by atoms with Crippen LogP contribution in [0.5, 0.6) is 0 Å². The zero-order chi connectivity index (χ0) is 22.1. The maximum Gasteiger partial charge on any atom is 0.306 e. The van der Waals surface area contributed by atoms with Crippen LogP contribution in [-0.4, -0.2) is 45.1 Å². The molecule has 4 rings (SSSR count). The zero-order valence-electron chi connectivity index (χ0n) is 17.9. The fraction of sp³-hybridized carbons (Fsp3) is 0.304. The Morgan fingerprint density at radius 1 is 1.23 bits per heavy atom. The van der Waals surface area contributed by atoms with Crippen LogP contribution in [-0.2, 0) is 4.79 Å². The van der Waals surface area contributed by atoms with Gasteiger partial charge in [0.2, 0.25) is 0 Å². The monoisotopic (exact) mass is 433 g/mol. The van der Waals surface area contributed by atoms with E-state index in [1.807, 2.05) is 42.8 Å². The summed E-state index contributed by atoms with van der Waals surface area (Å²) in [6.07, 6.45) is -0.151. The predicted octanol–water partition coefficient (Wildman–Crippen LogP) is 3.19. The van der Waals surface area contributed by atoms with E-state index in [2.05, 4.69) is 41.2 Å². The third-order valence-electron chi connectivity index (χ3n) is 5.26. The number of nitrogens with zero attached hydrogens (tertiary/aromatic N) is 4. The highest BCUT2D eigenvalue weighted by Crippen LogP contribution is 2.39. The maximum absolute atomic E-state index is 11.6. The van der Waals surface area contributed by atoms with Crippen molar-refractivity contribution in [3.8, 4) is 16.8 Å². The highest BCUT2D eigenvalue weighted by molar-refractivity contribution is 7.15. The number of aliphatic carboxylic acids is 1. The molecule has 0 aliphatic carbocycles. The number of carboxylic acids is 1. The number of hydrogen-bond acceptors (Lipinski definition) is 6. The fourth-order valence-corrected chi connectivity index (χ4v) is 4.85. The number of aliphatic imine (C=N–C) groups is 1. The van der Waals surface area contributed by atoms with Crippen molar-refractivity contribution < 1.29 is 9.90 Å². The molecule has 0 amide bonds. The Balaban J connectivity index is 1.89. The molecule has 7 nitrogen and oxygen atoms in total. The number of hydrogen-bond donors (Lipinski definition) is 2. The molecule has 0 saturated carbocycles. The summed E-state index contributed by atoms with van der Waals surface area (Å²) in [5.74, 6) is 6.54. The summed E-state index contributed by atoms with van der Waals surface area (Å²) in [4.78, 5) is 17.7. The lowest BCUT2D eigenvalue weighted by Gasteiger charge is -2.10. The number of aromatic nitrogens is 3. The molecule has 0 spiro atoms. The lowest BCUT2D eigenvalue weighted by Crippen LogP contribution is -2.10. The Morgan fingerprint density at radius 3 is 2.65 bits per heavy atom. The van der Waals surface area contributed by atoms with Gasteiger partial charge in [0.15, 0.2) is 5.82 Å². The standard InChI is InChI=1S/C23H23N5O2S/c1-13-14(2)31-23-20(13)21(17-9-7-16(8-10-17)6-5-11-24-4)25-18(12-19(29)30)22-27-26-15(3)28(22)23/h7-10,18,24H,11-12H2,1-4H3,(H,29,30)/t18-/m0/s1. The number of carbonyl (C=O) groups is 1. The van der Waals surface area contributed by atoms with Gasteiger partial charge in [-0.25, -0.2) is 0 Å². The quantitative estimate of drug-likeness (QED) is 0.617. The zero-order valence-corrected chi connectivity index (χ0v) is 18.7. The van der Waals surface area contributed by atoms with E-state index in [0.29, 0.717) is 12.4 Å². The van der Waals surface area contributed by atoms with Gasteiger partial charge in [-0.05, 0) is 45.5 Å². The van der Waals surface area contributed by atoms with Crippen LogP contribution in [0.25, 0.3) is 5.00 Å². The number of thiophene rings is 1. The molecule has 0 saturated heterocycles. The Hall–Kier alpha value is -3.28. The lowest BCUT2D eigenvalue weighted by atomic mass is 9.98. The minimum absolute atomic E-state index is 0.151. The van der Waals surface area contributed by atoms with Gasteiger partial charge in [0.05, 0.1) is 18.7 Å². The van der Waals surface area contributed by atoms with Crippen molar-refractivity contribution in [1.29, 1.82) is 0 Å². The van der Waals surface area contributed by atoms with Gasteiger partial charge in [-0.15, -0.1) is 21.5 Å². The smallest absolute Gasteiger partial charge is 0.306 e. The Kier molecular flexibility index (Phi) is 5.72. The van der Waals surface area contributed by atoms with Gasteiger partial charge in [0.25, 0.3) is 0 Å². The molecular formula is C23H23N5O2S. The molecule has 3 aromatic rings. The molecule has 1 aliphatic rings. The summed E-state index contributed by atoms with van der Waals surface area (Å²) < 4.78 is 1.96. The van der Waals surface area contributed by atoms with Gasteiger partial charge in [-0.2, -0.15) is 0 Å². The van der Waals surface area contributed by atoms with Crippen molar-refractivity contribution in [2.24, 2.45) is 4.99 Å². The van der Waals surface area contributed by atoms with Crippen molar-refractivity contribution >= 4 is 23.0 Å². The summed E-state index contributed by atoms with van der Waals surface area (Å²) in [5, 5.41) is 22.0. The van der Waals surface area contributed by atoms with E-state index in [0.717, 1.165) is 38.8 Å². The number of rotatable bonds is 4. The SMILES string of the molecule is CNCC#Cc1ccc(C2=N[C@@H](CC(=O)O)c3nnc(C)n3-c3sc(C)c(C)c32)cc1. The first-order chi connectivity index (χ1) is 14.9. The van der Waals surface area contributed by atoms with Gasteiger partial charge >= 0.3 is 5.97 Å². The first-order valence-electron chi connectivity index (χ1n) is 9.96. The van der Waals surface area contributed by atoms with Gasteiger partial charge in [-0.3, -0.25) is 14.4 Å². The van der Waals surface area contributed by atoms with Gasteiger partial charge in [-0.1, -0.05) is 24.0 Å². The van der Waals surface area contributed by atoms with Crippen LogP contribution in [0.1, 0.15) is 51.2 Å². The topological polar surface area (TPSA) is 92.4 Å². The molecule has 3 heterocycles. The van der Waals surface area contributed by atoms with E-state index in [4.69, 9.17) is 4.99 Å². The predicted molar refractivity (Wildman–Crippen MR) is 121 cm³/mol. The minimum atomic E-state index is -0.923. The fourth-order valence-electron chi connectivity index (χ4n) is 3.64. The minimum Gasteiger partial charge on any atom is -0.481 e. The first-order valence-corrected chi connectivity index (χ1v) is 10.8. The highest BCUT2D eigenvalue weighted by atomic mass is 32.1. The average Bonchev–Trinajstić information content (AvgIpc) is 3.21. The van der Waals surface area contributed by atoms with Crippen LogP contribution >= 0.6 is 11.3 Å². The van der Waals surface area contributed by atoms with E-state index in [1.54, 1.807) is 11.3 Å². The van der Waals surface area contributed by atoms with Gasteiger partial charge in [0, 0.05) is 21.6 Å². The largest absolute Gasteiger partial charge is 0.481 e. The normalized spacial score (nSPS) is 14.7. The summed E-state index contributed by atoms with van der Waals surface area (Å²) >= 11 is 1.65. The van der Waals surface area contributed by atoms with Gasteiger partial charge in [0.1, 0.15) is 16.9 Å². The number of aryl methyl sites for hydroxylation is 2. The van der Waals surface area contributed by atoms with Crippen LogP contribution in [0.15, 0.2) is 29.3 Å². The van der Waals surface area contributed by atoms with E-state index >= 15 is 0 Å². The van der Waals surface area contributed by atoms with Crippen LogP contribution < -0.4 is 5.32 Å². The molecule has 2 N–H and O–H groups in total. The molecule has 0 unspecified atom stereocenters. The summed E-state index contributed by atoms with van der Waals surface area (Å²) in [6.45, 7) is 6.67. The molecule has 1 aliphatic heterocycles. The van der Waals surface area contributed by atoms with E-state index < -0.39 is 12.0 Å². The first kappa shape index (κ1) is 21.0. The van der Waals surface area contributed by atoms with E-state index in [1.165, 1.54) is 4.88 Å². The van der Waals surface area contributed by atoms with Crippen molar-refractivity contribution in [3.63, 3.8) is 0 Å².